The Balaban J connectivity index is 1.85. The summed E-state index contributed by atoms with van der Waals surface area (Å²) in [6.07, 6.45) is 2.82. The number of benzene rings is 1. The molecule has 3 aromatic rings. The first-order valence-electron chi connectivity index (χ1n) is 7.22. The number of nitrogens with zero attached hydrogens (tertiary/aromatic N) is 3. The zero-order chi connectivity index (χ0) is 16.9. The fraction of sp³-hybridized carbons (Fsp3) is 0.118. The Kier molecular flexibility index (Phi) is 4.81. The first-order chi connectivity index (χ1) is 11.7. The summed E-state index contributed by atoms with van der Waals surface area (Å²) < 4.78 is 7.15. The lowest BCUT2D eigenvalue weighted by molar-refractivity contribution is 0.419. The molecule has 0 unspecified atom stereocenters. The summed E-state index contributed by atoms with van der Waals surface area (Å²) in [5.41, 5.74) is 0.504. The van der Waals surface area contributed by atoms with Crippen molar-refractivity contribution >= 4 is 11.8 Å². The van der Waals surface area contributed by atoms with Crippen molar-refractivity contribution in [3.05, 3.63) is 71.3 Å². The van der Waals surface area contributed by atoms with Crippen molar-refractivity contribution in [2.75, 3.05) is 0 Å². The molecule has 0 aliphatic heterocycles. The van der Waals surface area contributed by atoms with Crippen molar-refractivity contribution in [2.24, 2.45) is 0 Å². The van der Waals surface area contributed by atoms with Crippen LogP contribution < -0.4 is 5.43 Å². The van der Waals surface area contributed by atoms with Crippen LogP contribution in [0, 0.1) is 0 Å². The van der Waals surface area contributed by atoms with Crippen LogP contribution in [0.25, 0.3) is 11.4 Å². The van der Waals surface area contributed by atoms with Gasteiger partial charge in [0.2, 0.25) is 5.43 Å². The molecule has 7 heteroatoms. The molecule has 0 fully saturated rings. The Hall–Kier alpha value is -2.80. The molecule has 24 heavy (non-hydrogen) atoms. The van der Waals surface area contributed by atoms with Crippen LogP contribution in [-0.4, -0.2) is 19.9 Å². The highest BCUT2D eigenvalue weighted by Gasteiger charge is 2.14. The lowest BCUT2D eigenvalue weighted by atomic mass is 10.2. The fourth-order valence-corrected chi connectivity index (χ4v) is 2.98. The Labute approximate surface area is 142 Å². The molecule has 1 aromatic carbocycles. The smallest absolute Gasteiger partial charge is 0.226 e. The predicted octanol–water partition coefficient (Wildman–Crippen LogP) is 3.08. The molecule has 2 aromatic heterocycles. The largest absolute Gasteiger partial charge is 0.502 e. The van der Waals surface area contributed by atoms with Crippen LogP contribution in [0.5, 0.6) is 5.75 Å². The van der Waals surface area contributed by atoms with Gasteiger partial charge in [-0.05, 0) is 0 Å². The van der Waals surface area contributed by atoms with Crippen LogP contribution >= 0.6 is 11.8 Å². The summed E-state index contributed by atoms with van der Waals surface area (Å²) in [5, 5.41) is 18.4. The quantitative estimate of drug-likeness (QED) is 0.548. The molecule has 0 aliphatic rings. The minimum absolute atomic E-state index is 0.398. The van der Waals surface area contributed by atoms with E-state index in [0.717, 1.165) is 17.7 Å². The second kappa shape index (κ2) is 7.18. The van der Waals surface area contributed by atoms with E-state index < -0.39 is 11.2 Å². The maximum atomic E-state index is 11.4. The Morgan fingerprint density at radius 3 is 2.79 bits per heavy atom. The Morgan fingerprint density at radius 2 is 2.08 bits per heavy atom. The van der Waals surface area contributed by atoms with Gasteiger partial charge in [0.1, 0.15) is 12.0 Å². The van der Waals surface area contributed by atoms with Gasteiger partial charge in [0, 0.05) is 18.2 Å². The number of aromatic nitrogens is 3. The highest BCUT2D eigenvalue weighted by Crippen LogP contribution is 2.26. The standard InChI is InChI=1S/C17H15N3O3S/c1-2-8-20-16(12-6-4-3-5-7-12)18-19-17(20)24-11-13-9-14(21)15(22)10-23-13/h2-7,9-10,22H,1,8,11H2. The molecule has 0 amide bonds. The zero-order valence-electron chi connectivity index (χ0n) is 12.8. The monoisotopic (exact) mass is 341 g/mol. The first kappa shape index (κ1) is 16.1. The number of hydrogen-bond donors (Lipinski definition) is 1. The third-order valence-corrected chi connectivity index (χ3v) is 4.26. The normalized spacial score (nSPS) is 10.7. The molecule has 0 atom stereocenters. The van der Waals surface area contributed by atoms with E-state index in [-0.39, 0.29) is 0 Å². The SMILES string of the molecule is C=CCn1c(SCc2cc(=O)c(O)co2)nnc1-c1ccccc1. The average molecular weight is 341 g/mol. The van der Waals surface area contributed by atoms with E-state index in [1.54, 1.807) is 6.08 Å². The third kappa shape index (κ3) is 3.41. The van der Waals surface area contributed by atoms with E-state index in [9.17, 15) is 9.90 Å². The van der Waals surface area contributed by atoms with Crippen molar-refractivity contribution < 1.29 is 9.52 Å². The molecule has 0 aliphatic carbocycles. The van der Waals surface area contributed by atoms with Crippen molar-refractivity contribution in [2.45, 2.75) is 17.5 Å². The molecule has 0 spiro atoms. The summed E-state index contributed by atoms with van der Waals surface area (Å²) in [7, 11) is 0. The first-order valence-corrected chi connectivity index (χ1v) is 8.20. The minimum Gasteiger partial charge on any atom is -0.502 e. The molecule has 1 N–H and O–H groups in total. The highest BCUT2D eigenvalue weighted by molar-refractivity contribution is 7.98. The van der Waals surface area contributed by atoms with Crippen LogP contribution in [0.3, 0.4) is 0 Å². The third-order valence-electron chi connectivity index (χ3n) is 3.27. The Bertz CT molecular complexity index is 903. The summed E-state index contributed by atoms with van der Waals surface area (Å²) in [4.78, 5) is 11.4. The summed E-state index contributed by atoms with van der Waals surface area (Å²) >= 11 is 1.40. The number of aromatic hydroxyl groups is 1. The van der Waals surface area contributed by atoms with E-state index in [4.69, 9.17) is 4.42 Å². The zero-order valence-corrected chi connectivity index (χ0v) is 13.6. The average Bonchev–Trinajstić information content (AvgIpc) is 3.00. The number of rotatable bonds is 6. The van der Waals surface area contributed by atoms with Gasteiger partial charge in [0.25, 0.3) is 0 Å². The van der Waals surface area contributed by atoms with Gasteiger partial charge in [-0.1, -0.05) is 48.2 Å². The number of allylic oxidation sites excluding steroid dienone is 1. The molecule has 122 valence electrons. The second-order valence-corrected chi connectivity index (χ2v) is 5.90. The molecular weight excluding hydrogens is 326 g/mol. The van der Waals surface area contributed by atoms with Crippen LogP contribution in [-0.2, 0) is 12.3 Å². The van der Waals surface area contributed by atoms with E-state index in [1.165, 1.54) is 17.8 Å². The molecular formula is C17H15N3O3S. The van der Waals surface area contributed by atoms with Gasteiger partial charge < -0.3 is 9.52 Å². The lowest BCUT2D eigenvalue weighted by Gasteiger charge is -2.07. The number of hydrogen-bond acceptors (Lipinski definition) is 6. The fourth-order valence-electron chi connectivity index (χ4n) is 2.15. The van der Waals surface area contributed by atoms with E-state index in [2.05, 4.69) is 16.8 Å². The molecule has 0 saturated heterocycles. The van der Waals surface area contributed by atoms with Crippen molar-refractivity contribution in [1.82, 2.24) is 14.8 Å². The van der Waals surface area contributed by atoms with Crippen molar-refractivity contribution in [3.63, 3.8) is 0 Å². The summed E-state index contributed by atoms with van der Waals surface area (Å²) in [6, 6.07) is 11.0. The lowest BCUT2D eigenvalue weighted by Crippen LogP contribution is -2.02. The number of thioether (sulfide) groups is 1. The maximum absolute atomic E-state index is 11.4. The van der Waals surface area contributed by atoms with E-state index in [1.807, 2.05) is 34.9 Å². The van der Waals surface area contributed by atoms with Gasteiger partial charge in [-0.25, -0.2) is 0 Å². The molecule has 0 saturated carbocycles. The van der Waals surface area contributed by atoms with Gasteiger partial charge in [0.15, 0.2) is 16.7 Å². The van der Waals surface area contributed by atoms with Gasteiger partial charge >= 0.3 is 0 Å². The van der Waals surface area contributed by atoms with Crippen molar-refractivity contribution in [3.8, 4) is 17.1 Å². The van der Waals surface area contributed by atoms with Gasteiger partial charge in [-0.3, -0.25) is 9.36 Å². The molecule has 0 radical (unpaired) electrons. The Morgan fingerprint density at radius 1 is 1.29 bits per heavy atom. The van der Waals surface area contributed by atoms with Crippen LogP contribution in [0.4, 0.5) is 0 Å². The molecule has 3 rings (SSSR count). The maximum Gasteiger partial charge on any atom is 0.226 e. The highest BCUT2D eigenvalue weighted by atomic mass is 32.2. The van der Waals surface area contributed by atoms with Crippen LogP contribution in [0.2, 0.25) is 0 Å². The van der Waals surface area contributed by atoms with E-state index >= 15 is 0 Å². The van der Waals surface area contributed by atoms with Crippen LogP contribution in [0.1, 0.15) is 5.76 Å². The van der Waals surface area contributed by atoms with Gasteiger partial charge in [-0.2, -0.15) is 0 Å². The summed E-state index contributed by atoms with van der Waals surface area (Å²) in [6.45, 7) is 4.35. The van der Waals surface area contributed by atoms with Gasteiger partial charge in [-0.15, -0.1) is 16.8 Å². The molecule has 0 bridgehead atoms. The van der Waals surface area contributed by atoms with Gasteiger partial charge in [0.05, 0.1) is 5.75 Å². The molecule has 2 heterocycles. The van der Waals surface area contributed by atoms with Crippen molar-refractivity contribution in [1.29, 1.82) is 0 Å². The molecule has 6 nitrogen and oxygen atoms in total. The van der Waals surface area contributed by atoms with Crippen LogP contribution in [0.15, 0.2) is 69.7 Å². The topological polar surface area (TPSA) is 81.2 Å². The predicted molar refractivity (Wildman–Crippen MR) is 91.9 cm³/mol. The van der Waals surface area contributed by atoms with E-state index in [0.29, 0.717) is 23.2 Å². The minimum atomic E-state index is -0.464. The second-order valence-electron chi connectivity index (χ2n) is 4.96. The summed E-state index contributed by atoms with van der Waals surface area (Å²) in [5.74, 6) is 1.21.